The minimum Gasteiger partial charge on any atom is -0.380 e. The number of hydrogen-bond acceptors (Lipinski definition) is 3. The molecular weight excluding hydrogens is 274 g/mol. The number of ketones is 1. The van der Waals surface area contributed by atoms with E-state index in [2.05, 4.69) is 0 Å². The molecule has 1 atom stereocenters. The van der Waals surface area contributed by atoms with Crippen LogP contribution in [-0.2, 0) is 0 Å². The minimum absolute atomic E-state index is 0.322. The Morgan fingerprint density at radius 3 is 2.10 bits per heavy atom. The molecule has 0 heterocycles. The average Bonchev–Trinajstić information content (AvgIpc) is 2.46. The molecule has 3 nitrogen and oxygen atoms in total. The first kappa shape index (κ1) is 14.6. The van der Waals surface area contributed by atoms with E-state index in [9.17, 15) is 9.90 Å². The molecule has 0 radical (unpaired) electrons. The fourth-order valence-corrected chi connectivity index (χ4v) is 2.00. The van der Waals surface area contributed by atoms with Gasteiger partial charge in [0, 0.05) is 30.4 Å². The summed E-state index contributed by atoms with van der Waals surface area (Å²) in [4.78, 5) is 14.2. The van der Waals surface area contributed by atoms with Gasteiger partial charge < -0.3 is 10.0 Å². The predicted molar refractivity (Wildman–Crippen MR) is 81.5 cm³/mol. The van der Waals surface area contributed by atoms with Crippen LogP contribution in [0.3, 0.4) is 0 Å². The molecule has 0 spiro atoms. The van der Waals surface area contributed by atoms with Crippen molar-refractivity contribution in [3.05, 3.63) is 64.7 Å². The van der Waals surface area contributed by atoms with Crippen LogP contribution >= 0.6 is 11.6 Å². The Kier molecular flexibility index (Phi) is 4.42. The smallest absolute Gasteiger partial charge is 0.195 e. The van der Waals surface area contributed by atoms with Gasteiger partial charge in [-0.1, -0.05) is 23.7 Å². The van der Waals surface area contributed by atoms with Gasteiger partial charge in [0.05, 0.1) is 0 Å². The Morgan fingerprint density at radius 2 is 1.60 bits per heavy atom. The second-order valence-corrected chi connectivity index (χ2v) is 5.20. The number of carbonyl (C=O) groups excluding carboxylic acids is 1. The average molecular weight is 290 g/mol. The monoisotopic (exact) mass is 289 g/mol. The number of rotatable bonds is 4. The third-order valence-corrected chi connectivity index (χ3v) is 3.35. The number of benzene rings is 2. The van der Waals surface area contributed by atoms with Crippen LogP contribution < -0.4 is 4.90 Å². The van der Waals surface area contributed by atoms with Crippen LogP contribution in [0.5, 0.6) is 0 Å². The lowest BCUT2D eigenvalue weighted by molar-refractivity contribution is 0.0747. The number of halogens is 1. The number of Topliss-reactive ketones (excluding diaryl/α,β-unsaturated/α-hetero) is 1. The highest BCUT2D eigenvalue weighted by molar-refractivity contribution is 6.30. The fraction of sp³-hybridized carbons (Fsp3) is 0.188. The van der Waals surface area contributed by atoms with Crippen molar-refractivity contribution in [1.82, 2.24) is 0 Å². The van der Waals surface area contributed by atoms with Gasteiger partial charge in [0.2, 0.25) is 0 Å². The molecule has 2 rings (SSSR count). The van der Waals surface area contributed by atoms with Crippen LogP contribution in [0.1, 0.15) is 22.0 Å². The van der Waals surface area contributed by atoms with Gasteiger partial charge in [-0.25, -0.2) is 0 Å². The summed E-state index contributed by atoms with van der Waals surface area (Å²) in [6.45, 7) is 0. The Hall–Kier alpha value is -1.84. The van der Waals surface area contributed by atoms with Crippen molar-refractivity contribution in [3.8, 4) is 0 Å². The van der Waals surface area contributed by atoms with Crippen LogP contribution in [0.15, 0.2) is 48.5 Å². The topological polar surface area (TPSA) is 40.5 Å². The van der Waals surface area contributed by atoms with Gasteiger partial charge in [-0.3, -0.25) is 4.79 Å². The lowest BCUT2D eigenvalue weighted by Gasteiger charge is -2.14. The molecule has 0 aliphatic heterocycles. The van der Waals surface area contributed by atoms with E-state index in [1.54, 1.807) is 36.4 Å². The lowest BCUT2D eigenvalue weighted by atomic mass is 10.00. The molecule has 1 N–H and O–H groups in total. The van der Waals surface area contributed by atoms with Gasteiger partial charge in [-0.2, -0.15) is 0 Å². The maximum atomic E-state index is 12.2. The predicted octanol–water partition coefficient (Wildman–Crippen LogP) is 3.32. The van der Waals surface area contributed by atoms with Crippen molar-refractivity contribution in [1.29, 1.82) is 0 Å². The summed E-state index contributed by atoms with van der Waals surface area (Å²) in [6, 6.07) is 13.8. The molecule has 0 fully saturated rings. The van der Waals surface area contributed by atoms with Crippen molar-refractivity contribution in [2.75, 3.05) is 19.0 Å². The molecule has 2 aromatic rings. The molecule has 0 unspecified atom stereocenters. The number of aliphatic hydroxyl groups is 1. The summed E-state index contributed by atoms with van der Waals surface area (Å²) in [5.74, 6) is -0.322. The van der Waals surface area contributed by atoms with E-state index in [4.69, 9.17) is 11.6 Å². The molecular formula is C16H16ClNO2. The Morgan fingerprint density at radius 1 is 1.05 bits per heavy atom. The lowest BCUT2D eigenvalue weighted by Crippen LogP contribution is -2.13. The van der Waals surface area contributed by atoms with Crippen molar-refractivity contribution in [2.24, 2.45) is 0 Å². The molecule has 0 aromatic heterocycles. The van der Waals surface area contributed by atoms with Crippen LogP contribution in [0.2, 0.25) is 5.02 Å². The van der Waals surface area contributed by atoms with E-state index >= 15 is 0 Å². The van der Waals surface area contributed by atoms with Crippen LogP contribution in [0.25, 0.3) is 0 Å². The van der Waals surface area contributed by atoms with Crippen molar-refractivity contribution in [3.63, 3.8) is 0 Å². The van der Waals surface area contributed by atoms with E-state index in [1.807, 2.05) is 31.1 Å². The second kappa shape index (κ2) is 6.07. The number of aliphatic hydroxyl groups excluding tert-OH is 1. The first-order valence-electron chi connectivity index (χ1n) is 6.24. The van der Waals surface area contributed by atoms with Crippen molar-refractivity contribution >= 4 is 23.1 Å². The highest BCUT2D eigenvalue weighted by atomic mass is 35.5. The number of carbonyl (C=O) groups is 1. The van der Waals surface area contributed by atoms with Crippen molar-refractivity contribution in [2.45, 2.75) is 6.10 Å². The Bertz CT molecular complexity index is 591. The number of hydrogen-bond donors (Lipinski definition) is 1. The molecule has 0 aliphatic carbocycles. The quantitative estimate of drug-likeness (QED) is 0.878. The highest BCUT2D eigenvalue weighted by Crippen LogP contribution is 2.21. The standard InChI is InChI=1S/C16H16ClNO2/c1-18(2)14-9-5-12(6-10-14)16(20)15(19)11-3-7-13(17)8-4-11/h3-10,15,19H,1-2H3/t15-/m0/s1. The molecule has 20 heavy (non-hydrogen) atoms. The van der Waals surface area contributed by atoms with Gasteiger partial charge in [0.25, 0.3) is 0 Å². The SMILES string of the molecule is CN(C)c1ccc(C(=O)[C@@H](O)c2ccc(Cl)cc2)cc1. The first-order chi connectivity index (χ1) is 9.49. The molecule has 2 aromatic carbocycles. The molecule has 0 amide bonds. The first-order valence-corrected chi connectivity index (χ1v) is 6.62. The van der Waals surface area contributed by atoms with E-state index in [0.29, 0.717) is 16.1 Å². The zero-order valence-corrected chi connectivity index (χ0v) is 12.1. The third-order valence-electron chi connectivity index (χ3n) is 3.10. The summed E-state index contributed by atoms with van der Waals surface area (Å²) >= 11 is 5.79. The summed E-state index contributed by atoms with van der Waals surface area (Å²) in [7, 11) is 3.86. The molecule has 0 saturated heterocycles. The van der Waals surface area contributed by atoms with Gasteiger partial charge in [0.15, 0.2) is 5.78 Å². The maximum absolute atomic E-state index is 12.2. The summed E-state index contributed by atoms with van der Waals surface area (Å²) in [5.41, 5.74) is 2.02. The van der Waals surface area contributed by atoms with Crippen LogP contribution in [0, 0.1) is 0 Å². The normalized spacial score (nSPS) is 12.0. The number of nitrogens with zero attached hydrogens (tertiary/aromatic N) is 1. The van der Waals surface area contributed by atoms with E-state index in [0.717, 1.165) is 5.69 Å². The van der Waals surface area contributed by atoms with Crippen LogP contribution in [-0.4, -0.2) is 25.0 Å². The molecule has 0 saturated carbocycles. The number of anilines is 1. The summed E-state index contributed by atoms with van der Waals surface area (Å²) in [5, 5.41) is 10.7. The minimum atomic E-state index is -1.17. The Balaban J connectivity index is 2.20. The zero-order valence-electron chi connectivity index (χ0n) is 11.4. The maximum Gasteiger partial charge on any atom is 0.195 e. The van der Waals surface area contributed by atoms with Gasteiger partial charge in [-0.05, 0) is 42.0 Å². The zero-order chi connectivity index (χ0) is 14.7. The fourth-order valence-electron chi connectivity index (χ4n) is 1.88. The second-order valence-electron chi connectivity index (χ2n) is 4.76. The third kappa shape index (κ3) is 3.18. The van der Waals surface area contributed by atoms with Gasteiger partial charge in [-0.15, -0.1) is 0 Å². The molecule has 104 valence electrons. The largest absolute Gasteiger partial charge is 0.380 e. The molecule has 4 heteroatoms. The van der Waals surface area contributed by atoms with Gasteiger partial charge >= 0.3 is 0 Å². The van der Waals surface area contributed by atoms with Crippen molar-refractivity contribution < 1.29 is 9.90 Å². The molecule has 0 aliphatic rings. The molecule has 0 bridgehead atoms. The van der Waals surface area contributed by atoms with E-state index in [-0.39, 0.29) is 5.78 Å². The van der Waals surface area contributed by atoms with E-state index in [1.165, 1.54) is 0 Å². The van der Waals surface area contributed by atoms with E-state index < -0.39 is 6.10 Å². The highest BCUT2D eigenvalue weighted by Gasteiger charge is 2.19. The Labute approximate surface area is 123 Å². The summed E-state index contributed by atoms with van der Waals surface area (Å²) < 4.78 is 0. The van der Waals surface area contributed by atoms with Gasteiger partial charge in [0.1, 0.15) is 6.10 Å². The van der Waals surface area contributed by atoms with Crippen LogP contribution in [0.4, 0.5) is 5.69 Å². The summed E-state index contributed by atoms with van der Waals surface area (Å²) in [6.07, 6.45) is -1.17.